The van der Waals surface area contributed by atoms with Crippen molar-refractivity contribution in [2.24, 2.45) is 11.8 Å². The van der Waals surface area contributed by atoms with Crippen molar-refractivity contribution in [1.29, 1.82) is 0 Å². The third kappa shape index (κ3) is 28.8. The monoisotopic (exact) mass is 638 g/mol. The Balaban J connectivity index is 4.51. The van der Waals surface area contributed by atoms with Crippen LogP contribution in [0.5, 0.6) is 0 Å². The molecule has 0 aliphatic carbocycles. The molecule has 0 radical (unpaired) electrons. The number of esters is 1. The number of amides is 2. The molecule has 0 aromatic heterocycles. The molecule has 0 spiro atoms. The fourth-order valence-corrected chi connectivity index (χ4v) is 5.10. The summed E-state index contributed by atoms with van der Waals surface area (Å²) in [5.41, 5.74) is 0. The van der Waals surface area contributed by atoms with E-state index in [4.69, 9.17) is 14.9 Å². The summed E-state index contributed by atoms with van der Waals surface area (Å²) in [5.74, 6) is -1.33. The third-order valence-electron chi connectivity index (χ3n) is 7.86. The van der Waals surface area contributed by atoms with Crippen LogP contribution in [0.25, 0.3) is 0 Å². The minimum absolute atomic E-state index is 0.0652. The van der Waals surface area contributed by atoms with Crippen LogP contribution >= 0.6 is 0 Å². The number of aliphatic hydroxyl groups is 1. The maximum atomic E-state index is 12.6. The number of hydrogen-bond acceptors (Lipinski definition) is 6. The lowest BCUT2D eigenvalue weighted by atomic mass is 10.0. The number of nitrogens with one attached hydrogen (secondary N) is 2. The van der Waals surface area contributed by atoms with Crippen LogP contribution in [-0.4, -0.2) is 59.3 Å². The second kappa shape index (κ2) is 29.0. The Morgan fingerprint density at radius 1 is 0.667 bits per heavy atom. The topological polar surface area (TPSA) is 142 Å². The number of carboxylic acid groups (broad SMARTS) is 1. The van der Waals surface area contributed by atoms with E-state index in [0.717, 1.165) is 43.9 Å². The summed E-state index contributed by atoms with van der Waals surface area (Å²) in [5, 5.41) is 22.6. The Morgan fingerprint density at radius 3 is 1.67 bits per heavy atom. The number of aliphatic carboxylic acids is 1. The Labute approximate surface area is 273 Å². The van der Waals surface area contributed by atoms with E-state index in [9.17, 15) is 19.2 Å². The SMILES string of the molecule is CC(C)CCCCCCC/C=C/CCC(=O)O[C@H](CCCCCCCCCCC(C)C)CC(=O)NCC(=O)N[C@@H](CO)C(=O)O. The number of allylic oxidation sites excluding steroid dienone is 2. The number of unbranched alkanes of at least 4 members (excludes halogenated alkanes) is 12. The molecule has 2 amide bonds. The zero-order valence-electron chi connectivity index (χ0n) is 29.0. The summed E-state index contributed by atoms with van der Waals surface area (Å²) in [6, 6.07) is -1.43. The zero-order chi connectivity index (χ0) is 33.7. The Bertz CT molecular complexity index is 813. The molecule has 0 saturated heterocycles. The van der Waals surface area contributed by atoms with Crippen LogP contribution in [0.1, 0.15) is 156 Å². The van der Waals surface area contributed by atoms with E-state index in [-0.39, 0.29) is 18.8 Å². The van der Waals surface area contributed by atoms with Crippen LogP contribution in [0, 0.1) is 11.8 Å². The molecule has 262 valence electrons. The van der Waals surface area contributed by atoms with Crippen molar-refractivity contribution in [3.05, 3.63) is 12.2 Å². The Hall–Kier alpha value is -2.42. The minimum atomic E-state index is -1.43. The minimum Gasteiger partial charge on any atom is -0.480 e. The van der Waals surface area contributed by atoms with Gasteiger partial charge in [-0.05, 0) is 43.9 Å². The van der Waals surface area contributed by atoms with Gasteiger partial charge in [0.15, 0.2) is 0 Å². The lowest BCUT2D eigenvalue weighted by Crippen LogP contribution is -2.47. The van der Waals surface area contributed by atoms with Crippen molar-refractivity contribution in [3.63, 3.8) is 0 Å². The van der Waals surface area contributed by atoms with E-state index in [0.29, 0.717) is 12.8 Å². The number of carbonyl (C=O) groups excluding carboxylic acids is 3. The highest BCUT2D eigenvalue weighted by Gasteiger charge is 2.21. The molecule has 45 heavy (non-hydrogen) atoms. The van der Waals surface area contributed by atoms with E-state index in [2.05, 4.69) is 44.4 Å². The van der Waals surface area contributed by atoms with Gasteiger partial charge in [-0.3, -0.25) is 14.4 Å². The highest BCUT2D eigenvalue weighted by atomic mass is 16.5. The molecule has 0 fully saturated rings. The summed E-state index contributed by atoms with van der Waals surface area (Å²) in [4.78, 5) is 48.1. The number of aliphatic hydroxyl groups excluding tert-OH is 1. The molecule has 0 rings (SSSR count). The van der Waals surface area contributed by atoms with E-state index >= 15 is 0 Å². The molecule has 0 aliphatic rings. The summed E-state index contributed by atoms with van der Waals surface area (Å²) in [6.07, 6.45) is 24.0. The van der Waals surface area contributed by atoms with Gasteiger partial charge in [0.25, 0.3) is 0 Å². The van der Waals surface area contributed by atoms with Crippen LogP contribution < -0.4 is 10.6 Å². The molecule has 9 heteroatoms. The van der Waals surface area contributed by atoms with Gasteiger partial charge < -0.3 is 25.6 Å². The number of carboxylic acids is 1. The average Bonchev–Trinajstić information content (AvgIpc) is 2.97. The fraction of sp³-hybridized carbons (Fsp3) is 0.833. The standard InChI is InChI=1S/C36H66N2O7/c1-29(2)22-18-14-10-6-5-7-13-17-21-25-35(42)45-31(24-20-16-12-9-8-11-15-19-23-30(3)4)26-33(40)37-27-34(41)38-32(28-39)36(43)44/h13,17,29-32,39H,5-12,14-16,18-28H2,1-4H3,(H,37,40)(H,38,41)(H,43,44)/b17-13+/t31-,32+/m1/s1. The van der Waals surface area contributed by atoms with Crippen molar-refractivity contribution in [2.75, 3.05) is 13.2 Å². The van der Waals surface area contributed by atoms with Crippen molar-refractivity contribution in [1.82, 2.24) is 10.6 Å². The van der Waals surface area contributed by atoms with Crippen molar-refractivity contribution >= 4 is 23.8 Å². The van der Waals surface area contributed by atoms with Gasteiger partial charge in [0.2, 0.25) is 11.8 Å². The van der Waals surface area contributed by atoms with Crippen LogP contribution in [0.4, 0.5) is 0 Å². The van der Waals surface area contributed by atoms with E-state index < -0.39 is 43.1 Å². The second-order valence-electron chi connectivity index (χ2n) is 13.3. The molecular weight excluding hydrogens is 572 g/mol. The highest BCUT2D eigenvalue weighted by Crippen LogP contribution is 2.16. The van der Waals surface area contributed by atoms with E-state index in [1.54, 1.807) is 0 Å². The average molecular weight is 639 g/mol. The Kier molecular flexibility index (Phi) is 27.5. The molecule has 0 unspecified atom stereocenters. The van der Waals surface area contributed by atoms with Crippen molar-refractivity contribution < 1.29 is 34.1 Å². The highest BCUT2D eigenvalue weighted by molar-refractivity contribution is 5.88. The first-order valence-electron chi connectivity index (χ1n) is 17.8. The van der Waals surface area contributed by atoms with Crippen LogP contribution in [-0.2, 0) is 23.9 Å². The molecule has 0 aliphatic heterocycles. The van der Waals surface area contributed by atoms with Gasteiger partial charge in [-0.1, -0.05) is 123 Å². The molecule has 2 atom stereocenters. The lowest BCUT2D eigenvalue weighted by Gasteiger charge is -2.18. The number of ether oxygens (including phenoxy) is 1. The first-order valence-corrected chi connectivity index (χ1v) is 17.8. The first kappa shape index (κ1) is 42.6. The number of rotatable bonds is 30. The van der Waals surface area contributed by atoms with Crippen LogP contribution in [0.15, 0.2) is 12.2 Å². The van der Waals surface area contributed by atoms with Crippen LogP contribution in [0.3, 0.4) is 0 Å². The second-order valence-corrected chi connectivity index (χ2v) is 13.3. The predicted octanol–water partition coefficient (Wildman–Crippen LogP) is 7.25. The summed E-state index contributed by atoms with van der Waals surface area (Å²) >= 11 is 0. The molecule has 0 aromatic carbocycles. The fourth-order valence-electron chi connectivity index (χ4n) is 5.10. The van der Waals surface area contributed by atoms with Crippen molar-refractivity contribution in [3.8, 4) is 0 Å². The van der Waals surface area contributed by atoms with Gasteiger partial charge in [-0.2, -0.15) is 0 Å². The zero-order valence-corrected chi connectivity index (χ0v) is 29.0. The quantitative estimate of drug-likeness (QED) is 0.0369. The maximum absolute atomic E-state index is 12.6. The number of carbonyl (C=O) groups is 4. The number of hydrogen-bond donors (Lipinski definition) is 4. The van der Waals surface area contributed by atoms with E-state index in [1.165, 1.54) is 70.6 Å². The lowest BCUT2D eigenvalue weighted by molar-refractivity contribution is -0.150. The first-order chi connectivity index (χ1) is 21.5. The smallest absolute Gasteiger partial charge is 0.328 e. The maximum Gasteiger partial charge on any atom is 0.328 e. The van der Waals surface area contributed by atoms with E-state index in [1.807, 2.05) is 6.08 Å². The summed E-state index contributed by atoms with van der Waals surface area (Å²) < 4.78 is 5.69. The summed E-state index contributed by atoms with van der Waals surface area (Å²) in [7, 11) is 0. The summed E-state index contributed by atoms with van der Waals surface area (Å²) in [6.45, 7) is 7.87. The molecule has 0 bridgehead atoms. The van der Waals surface area contributed by atoms with Crippen LogP contribution in [0.2, 0.25) is 0 Å². The molecule has 0 saturated carbocycles. The Morgan fingerprint density at radius 2 is 1.16 bits per heavy atom. The van der Waals surface area contributed by atoms with Gasteiger partial charge in [0.1, 0.15) is 12.1 Å². The van der Waals surface area contributed by atoms with Gasteiger partial charge in [0, 0.05) is 6.42 Å². The van der Waals surface area contributed by atoms with Gasteiger partial charge in [-0.25, -0.2) is 4.79 Å². The van der Waals surface area contributed by atoms with Gasteiger partial charge in [-0.15, -0.1) is 0 Å². The molecule has 0 heterocycles. The third-order valence-corrected chi connectivity index (χ3v) is 7.86. The molecule has 9 nitrogen and oxygen atoms in total. The van der Waals surface area contributed by atoms with Crippen molar-refractivity contribution in [2.45, 2.75) is 168 Å². The van der Waals surface area contributed by atoms with Gasteiger partial charge >= 0.3 is 11.9 Å². The largest absolute Gasteiger partial charge is 0.480 e. The molecule has 4 N–H and O–H groups in total. The molecule has 0 aromatic rings. The predicted molar refractivity (Wildman–Crippen MR) is 181 cm³/mol. The normalized spacial score (nSPS) is 12.9. The molecular formula is C36H66N2O7. The van der Waals surface area contributed by atoms with Gasteiger partial charge in [0.05, 0.1) is 19.6 Å².